The number of methoxy groups -OCH3 is 2. The number of nitrogens with one attached hydrogen (secondary N) is 1. The van der Waals surface area contributed by atoms with Gasteiger partial charge in [0, 0.05) is 19.2 Å². The molecule has 232 valence electrons. The summed E-state index contributed by atoms with van der Waals surface area (Å²) in [5, 5.41) is 2.90. The first-order chi connectivity index (χ1) is 20.4. The van der Waals surface area contributed by atoms with E-state index in [-0.39, 0.29) is 23.1 Å². The Labute approximate surface area is 255 Å². The first-order valence-electron chi connectivity index (χ1n) is 14.4. The molecule has 0 aliphatic rings. The van der Waals surface area contributed by atoms with Crippen molar-refractivity contribution >= 4 is 27.5 Å². The lowest BCUT2D eigenvalue weighted by atomic mass is 10.1. The number of sulfonamides is 1. The number of ether oxygens (including phenoxy) is 2. The monoisotopic (exact) mass is 609 g/mol. The van der Waals surface area contributed by atoms with Crippen LogP contribution in [-0.2, 0) is 26.2 Å². The van der Waals surface area contributed by atoms with Crippen molar-refractivity contribution in [1.29, 1.82) is 0 Å². The van der Waals surface area contributed by atoms with Crippen molar-refractivity contribution in [2.24, 2.45) is 0 Å². The molecule has 2 amide bonds. The predicted molar refractivity (Wildman–Crippen MR) is 169 cm³/mol. The standard InChI is InChI=1S/C33H43N3O6S/c1-8-9-15-34-33(38)26(5)35(21-27-12-10-11-23(2)17-27)32(37)22-36(28-18-24(3)16-25(4)19-28)43(39,40)29-13-14-30(41-6)31(20-29)42-7/h10-14,16-20,26H,8-9,15,21-22H2,1-7H3,(H,34,38)/t26-/m0/s1. The van der Waals surface area contributed by atoms with Gasteiger partial charge in [-0.1, -0.05) is 49.2 Å². The van der Waals surface area contributed by atoms with E-state index in [0.29, 0.717) is 18.0 Å². The van der Waals surface area contributed by atoms with Crippen LogP contribution in [0.5, 0.6) is 11.5 Å². The number of unbranched alkanes of at least 4 members (excludes halogenated alkanes) is 1. The lowest BCUT2D eigenvalue weighted by Crippen LogP contribution is -2.51. The van der Waals surface area contributed by atoms with Crippen LogP contribution in [0, 0.1) is 20.8 Å². The number of benzene rings is 3. The molecule has 0 heterocycles. The van der Waals surface area contributed by atoms with E-state index >= 15 is 0 Å². The maximum absolute atomic E-state index is 14.2. The molecule has 0 unspecified atom stereocenters. The molecule has 3 rings (SSSR count). The van der Waals surface area contributed by atoms with Gasteiger partial charge in [0.05, 0.1) is 24.8 Å². The molecule has 0 radical (unpaired) electrons. The van der Waals surface area contributed by atoms with E-state index in [9.17, 15) is 18.0 Å². The van der Waals surface area contributed by atoms with Crippen LogP contribution in [0.2, 0.25) is 0 Å². The lowest BCUT2D eigenvalue weighted by Gasteiger charge is -2.32. The first-order valence-corrected chi connectivity index (χ1v) is 15.8. The second-order valence-electron chi connectivity index (χ2n) is 10.7. The van der Waals surface area contributed by atoms with Gasteiger partial charge in [-0.05, 0) is 75.1 Å². The highest BCUT2D eigenvalue weighted by Crippen LogP contribution is 2.33. The number of hydrogen-bond acceptors (Lipinski definition) is 6. The molecule has 0 spiro atoms. The van der Waals surface area contributed by atoms with E-state index in [1.54, 1.807) is 19.1 Å². The van der Waals surface area contributed by atoms with Gasteiger partial charge in [0.15, 0.2) is 11.5 Å². The number of rotatable bonds is 14. The molecular weight excluding hydrogens is 566 g/mol. The number of aryl methyl sites for hydroxylation is 3. The van der Waals surface area contributed by atoms with Gasteiger partial charge in [-0.2, -0.15) is 0 Å². The number of anilines is 1. The van der Waals surface area contributed by atoms with E-state index < -0.39 is 28.5 Å². The van der Waals surface area contributed by atoms with Crippen LogP contribution in [0.3, 0.4) is 0 Å². The van der Waals surface area contributed by atoms with Gasteiger partial charge in [-0.25, -0.2) is 8.42 Å². The second-order valence-corrected chi connectivity index (χ2v) is 12.6. The Balaban J connectivity index is 2.08. The van der Waals surface area contributed by atoms with Gasteiger partial charge in [0.2, 0.25) is 11.8 Å². The largest absolute Gasteiger partial charge is 0.493 e. The maximum Gasteiger partial charge on any atom is 0.264 e. The molecule has 0 saturated heterocycles. The third-order valence-electron chi connectivity index (χ3n) is 7.15. The molecule has 1 atom stereocenters. The van der Waals surface area contributed by atoms with Crippen LogP contribution in [-0.4, -0.2) is 58.5 Å². The maximum atomic E-state index is 14.2. The van der Waals surface area contributed by atoms with E-state index in [1.807, 2.05) is 58.0 Å². The fraction of sp³-hybridized carbons (Fsp3) is 0.394. The van der Waals surface area contributed by atoms with Gasteiger partial charge in [-0.15, -0.1) is 0 Å². The molecule has 3 aromatic carbocycles. The summed E-state index contributed by atoms with van der Waals surface area (Å²) < 4.78 is 40.2. The van der Waals surface area contributed by atoms with Gasteiger partial charge in [0.25, 0.3) is 10.0 Å². The van der Waals surface area contributed by atoms with Gasteiger partial charge >= 0.3 is 0 Å². The molecule has 0 aliphatic carbocycles. The van der Waals surface area contributed by atoms with Crippen molar-refractivity contribution in [1.82, 2.24) is 10.2 Å². The third kappa shape index (κ3) is 8.50. The van der Waals surface area contributed by atoms with Crippen molar-refractivity contribution < 1.29 is 27.5 Å². The zero-order valence-electron chi connectivity index (χ0n) is 26.1. The number of amides is 2. The van der Waals surface area contributed by atoms with Gasteiger partial charge in [-0.3, -0.25) is 13.9 Å². The van der Waals surface area contributed by atoms with Crippen molar-refractivity contribution in [3.63, 3.8) is 0 Å². The summed E-state index contributed by atoms with van der Waals surface area (Å²) in [5.41, 5.74) is 3.88. The zero-order valence-corrected chi connectivity index (χ0v) is 27.0. The summed E-state index contributed by atoms with van der Waals surface area (Å²) >= 11 is 0. The van der Waals surface area contributed by atoms with Crippen LogP contribution in [0.15, 0.2) is 65.6 Å². The SMILES string of the molecule is CCCCNC(=O)[C@H](C)N(Cc1cccc(C)c1)C(=O)CN(c1cc(C)cc(C)c1)S(=O)(=O)c1ccc(OC)c(OC)c1. The number of carbonyl (C=O) groups excluding carboxylic acids is 2. The summed E-state index contributed by atoms with van der Waals surface area (Å²) in [6, 6.07) is 16.5. The average molecular weight is 610 g/mol. The van der Waals surface area contributed by atoms with Crippen molar-refractivity contribution in [3.05, 3.63) is 82.9 Å². The Morgan fingerprint density at radius 3 is 2.16 bits per heavy atom. The normalized spacial score (nSPS) is 11.9. The molecule has 43 heavy (non-hydrogen) atoms. The number of carbonyl (C=O) groups is 2. The smallest absolute Gasteiger partial charge is 0.264 e. The summed E-state index contributed by atoms with van der Waals surface area (Å²) in [5.74, 6) is -0.186. The van der Waals surface area contributed by atoms with Crippen LogP contribution in [0.1, 0.15) is 48.9 Å². The lowest BCUT2D eigenvalue weighted by molar-refractivity contribution is -0.139. The molecule has 9 nitrogen and oxygen atoms in total. The molecule has 0 aliphatic heterocycles. The molecule has 0 aromatic heterocycles. The minimum absolute atomic E-state index is 0.0623. The Kier molecular flexibility index (Phi) is 11.6. The number of nitrogens with zero attached hydrogens (tertiary/aromatic N) is 2. The van der Waals surface area contributed by atoms with Crippen LogP contribution in [0.4, 0.5) is 5.69 Å². The fourth-order valence-corrected chi connectivity index (χ4v) is 6.27. The third-order valence-corrected chi connectivity index (χ3v) is 8.92. The Morgan fingerprint density at radius 1 is 0.884 bits per heavy atom. The van der Waals surface area contributed by atoms with Gasteiger partial charge in [0.1, 0.15) is 12.6 Å². The summed E-state index contributed by atoms with van der Waals surface area (Å²) in [7, 11) is -1.37. The summed E-state index contributed by atoms with van der Waals surface area (Å²) in [6.07, 6.45) is 1.73. The highest BCUT2D eigenvalue weighted by molar-refractivity contribution is 7.92. The second kappa shape index (κ2) is 14.9. The van der Waals surface area contributed by atoms with Crippen molar-refractivity contribution in [2.75, 3.05) is 31.6 Å². The fourth-order valence-electron chi connectivity index (χ4n) is 4.85. The molecular formula is C33H43N3O6S. The van der Waals surface area contributed by atoms with Crippen LogP contribution >= 0.6 is 0 Å². The quantitative estimate of drug-likeness (QED) is 0.253. The highest BCUT2D eigenvalue weighted by Gasteiger charge is 2.33. The van der Waals surface area contributed by atoms with E-state index in [1.165, 1.54) is 37.3 Å². The topological polar surface area (TPSA) is 105 Å². The minimum atomic E-state index is -4.27. The Bertz CT molecular complexity index is 1520. The molecule has 0 fully saturated rings. The van der Waals surface area contributed by atoms with E-state index in [0.717, 1.165) is 39.4 Å². The molecule has 0 bridgehead atoms. The van der Waals surface area contributed by atoms with Crippen molar-refractivity contribution in [2.45, 2.75) is 64.9 Å². The number of hydrogen-bond donors (Lipinski definition) is 1. The van der Waals surface area contributed by atoms with E-state index in [4.69, 9.17) is 9.47 Å². The van der Waals surface area contributed by atoms with E-state index in [2.05, 4.69) is 5.32 Å². The molecule has 10 heteroatoms. The highest BCUT2D eigenvalue weighted by atomic mass is 32.2. The Hall–Kier alpha value is -4.05. The van der Waals surface area contributed by atoms with Crippen molar-refractivity contribution in [3.8, 4) is 11.5 Å². The molecule has 3 aromatic rings. The zero-order chi connectivity index (χ0) is 31.7. The summed E-state index contributed by atoms with van der Waals surface area (Å²) in [6.45, 7) is 9.50. The Morgan fingerprint density at radius 2 is 1.56 bits per heavy atom. The minimum Gasteiger partial charge on any atom is -0.493 e. The van der Waals surface area contributed by atoms with Gasteiger partial charge < -0.3 is 19.7 Å². The molecule has 1 N–H and O–H groups in total. The predicted octanol–water partition coefficient (Wildman–Crippen LogP) is 5.16. The van der Waals surface area contributed by atoms with Crippen LogP contribution < -0.4 is 19.1 Å². The molecule has 0 saturated carbocycles. The summed E-state index contributed by atoms with van der Waals surface area (Å²) in [4.78, 5) is 28.7. The average Bonchev–Trinajstić information content (AvgIpc) is 2.97. The van der Waals surface area contributed by atoms with Crippen LogP contribution in [0.25, 0.3) is 0 Å². The first kappa shape index (κ1) is 33.5.